The van der Waals surface area contributed by atoms with Gasteiger partial charge in [0.25, 0.3) is 0 Å². The second kappa shape index (κ2) is 5.21. The van der Waals surface area contributed by atoms with Crippen LogP contribution in [0.1, 0.15) is 35.5 Å². The molecule has 0 aliphatic heterocycles. The molecule has 0 aliphatic rings. The lowest BCUT2D eigenvalue weighted by atomic mass is 10.1. The summed E-state index contributed by atoms with van der Waals surface area (Å²) in [6.07, 6.45) is 0. The van der Waals surface area contributed by atoms with Gasteiger partial charge in [-0.25, -0.2) is 4.79 Å². The van der Waals surface area contributed by atoms with Gasteiger partial charge in [-0.05, 0) is 38.5 Å². The molecule has 2 heterocycles. The highest BCUT2D eigenvalue weighted by molar-refractivity contribution is 5.75. The standard InChI is InChI=1S/C15H19N5O/c1-8(16-7-12-9(2)19-20-10(12)3)11-4-5-13-14(6-11)18-15(21)17-13/h4-6,8,16H,7H2,1-3H3,(H,19,20)(H2,17,18,21). The summed E-state index contributed by atoms with van der Waals surface area (Å²) in [5.41, 5.74) is 5.96. The van der Waals surface area contributed by atoms with Crippen molar-refractivity contribution < 1.29 is 0 Å². The first-order valence-electron chi connectivity index (χ1n) is 7.00. The molecule has 1 aromatic carbocycles. The molecule has 0 radical (unpaired) electrons. The van der Waals surface area contributed by atoms with E-state index >= 15 is 0 Å². The van der Waals surface area contributed by atoms with Crippen molar-refractivity contribution in [3.8, 4) is 0 Å². The molecule has 0 saturated carbocycles. The summed E-state index contributed by atoms with van der Waals surface area (Å²) in [6, 6.07) is 6.13. The smallest absolute Gasteiger partial charge is 0.306 e. The van der Waals surface area contributed by atoms with E-state index in [1.54, 1.807) is 0 Å². The molecule has 6 nitrogen and oxygen atoms in total. The minimum atomic E-state index is -0.174. The van der Waals surface area contributed by atoms with Gasteiger partial charge in [-0.2, -0.15) is 5.10 Å². The number of hydrogen-bond donors (Lipinski definition) is 4. The zero-order valence-corrected chi connectivity index (χ0v) is 12.4. The molecule has 4 N–H and O–H groups in total. The number of nitrogens with one attached hydrogen (secondary N) is 4. The van der Waals surface area contributed by atoms with E-state index in [2.05, 4.69) is 32.4 Å². The molecule has 0 saturated heterocycles. The van der Waals surface area contributed by atoms with Crippen LogP contribution in [0.25, 0.3) is 11.0 Å². The number of aromatic amines is 3. The van der Waals surface area contributed by atoms with Crippen LogP contribution in [0.2, 0.25) is 0 Å². The van der Waals surface area contributed by atoms with Crippen LogP contribution in [0.3, 0.4) is 0 Å². The van der Waals surface area contributed by atoms with Gasteiger partial charge in [-0.15, -0.1) is 0 Å². The van der Waals surface area contributed by atoms with Gasteiger partial charge in [0.05, 0.1) is 16.7 Å². The van der Waals surface area contributed by atoms with Gasteiger partial charge >= 0.3 is 5.69 Å². The molecule has 0 spiro atoms. The Morgan fingerprint density at radius 3 is 2.71 bits per heavy atom. The Morgan fingerprint density at radius 1 is 1.24 bits per heavy atom. The molecule has 0 aliphatic carbocycles. The van der Waals surface area contributed by atoms with Gasteiger partial charge in [0.15, 0.2) is 0 Å². The Hall–Kier alpha value is -2.34. The summed E-state index contributed by atoms with van der Waals surface area (Å²) < 4.78 is 0. The average Bonchev–Trinajstić information content (AvgIpc) is 2.97. The zero-order chi connectivity index (χ0) is 15.0. The topological polar surface area (TPSA) is 89.4 Å². The minimum Gasteiger partial charge on any atom is -0.306 e. The van der Waals surface area contributed by atoms with E-state index in [1.807, 2.05) is 32.0 Å². The molecule has 3 rings (SSSR count). The monoisotopic (exact) mass is 285 g/mol. The van der Waals surface area contributed by atoms with Gasteiger partial charge in [0.2, 0.25) is 0 Å². The fraction of sp³-hybridized carbons (Fsp3) is 0.333. The first-order valence-corrected chi connectivity index (χ1v) is 7.00. The van der Waals surface area contributed by atoms with Crippen molar-refractivity contribution in [1.82, 2.24) is 25.5 Å². The van der Waals surface area contributed by atoms with Gasteiger partial charge < -0.3 is 15.3 Å². The van der Waals surface area contributed by atoms with Crippen molar-refractivity contribution in [2.45, 2.75) is 33.4 Å². The van der Waals surface area contributed by atoms with Crippen LogP contribution < -0.4 is 11.0 Å². The van der Waals surface area contributed by atoms with E-state index in [4.69, 9.17) is 0 Å². The summed E-state index contributed by atoms with van der Waals surface area (Å²) in [6.45, 7) is 6.90. The number of aromatic nitrogens is 4. The maximum atomic E-state index is 11.3. The van der Waals surface area contributed by atoms with Crippen LogP contribution in [-0.4, -0.2) is 20.2 Å². The molecule has 0 amide bonds. The van der Waals surface area contributed by atoms with Crippen molar-refractivity contribution >= 4 is 11.0 Å². The summed E-state index contributed by atoms with van der Waals surface area (Å²) in [5, 5.41) is 10.7. The van der Waals surface area contributed by atoms with E-state index in [9.17, 15) is 4.79 Å². The number of imidazole rings is 1. The second-order valence-electron chi connectivity index (χ2n) is 5.40. The number of aryl methyl sites for hydroxylation is 2. The molecule has 21 heavy (non-hydrogen) atoms. The summed E-state index contributed by atoms with van der Waals surface area (Å²) in [4.78, 5) is 16.8. The minimum absolute atomic E-state index is 0.174. The Morgan fingerprint density at radius 2 is 2.00 bits per heavy atom. The first-order chi connectivity index (χ1) is 10.0. The molecular formula is C15H19N5O. The molecule has 110 valence electrons. The number of nitrogens with zero attached hydrogens (tertiary/aromatic N) is 1. The summed E-state index contributed by atoms with van der Waals surface area (Å²) in [7, 11) is 0. The van der Waals surface area contributed by atoms with Crippen molar-refractivity contribution in [3.05, 3.63) is 51.2 Å². The lowest BCUT2D eigenvalue weighted by Crippen LogP contribution is -2.18. The van der Waals surface area contributed by atoms with Crippen molar-refractivity contribution in [1.29, 1.82) is 0 Å². The van der Waals surface area contributed by atoms with Crippen molar-refractivity contribution in [2.75, 3.05) is 0 Å². The molecule has 0 fully saturated rings. The van der Waals surface area contributed by atoms with Crippen molar-refractivity contribution in [3.63, 3.8) is 0 Å². The van der Waals surface area contributed by atoms with Crippen LogP contribution >= 0.6 is 0 Å². The normalized spacial score (nSPS) is 12.9. The van der Waals surface area contributed by atoms with E-state index in [0.717, 1.165) is 34.5 Å². The number of H-pyrrole nitrogens is 3. The fourth-order valence-corrected chi connectivity index (χ4v) is 2.53. The number of fused-ring (bicyclic) bond motifs is 1. The molecule has 0 bridgehead atoms. The molecule has 2 aromatic heterocycles. The van der Waals surface area contributed by atoms with Crippen LogP contribution in [0.4, 0.5) is 0 Å². The van der Waals surface area contributed by atoms with Crippen LogP contribution in [-0.2, 0) is 6.54 Å². The second-order valence-corrected chi connectivity index (χ2v) is 5.40. The molecule has 1 atom stereocenters. The van der Waals surface area contributed by atoms with E-state index < -0.39 is 0 Å². The lowest BCUT2D eigenvalue weighted by molar-refractivity contribution is 0.572. The van der Waals surface area contributed by atoms with E-state index in [1.165, 1.54) is 5.56 Å². The largest absolute Gasteiger partial charge is 0.323 e. The maximum Gasteiger partial charge on any atom is 0.323 e. The van der Waals surface area contributed by atoms with Gasteiger partial charge in [0.1, 0.15) is 0 Å². The highest BCUT2D eigenvalue weighted by Gasteiger charge is 2.10. The quantitative estimate of drug-likeness (QED) is 0.591. The Kier molecular flexibility index (Phi) is 3.39. The summed E-state index contributed by atoms with van der Waals surface area (Å²) in [5.74, 6) is 0. The van der Waals surface area contributed by atoms with Gasteiger partial charge in [-0.3, -0.25) is 5.10 Å². The molecular weight excluding hydrogens is 266 g/mol. The third-order valence-electron chi connectivity index (χ3n) is 3.91. The Labute approximate surface area is 122 Å². The van der Waals surface area contributed by atoms with E-state index in [-0.39, 0.29) is 11.7 Å². The highest BCUT2D eigenvalue weighted by atomic mass is 16.1. The number of hydrogen-bond acceptors (Lipinski definition) is 3. The van der Waals surface area contributed by atoms with Crippen LogP contribution in [0.15, 0.2) is 23.0 Å². The third kappa shape index (κ3) is 2.62. The van der Waals surface area contributed by atoms with Crippen molar-refractivity contribution in [2.24, 2.45) is 0 Å². The molecule has 1 unspecified atom stereocenters. The molecule has 3 aromatic rings. The van der Waals surface area contributed by atoms with Crippen LogP contribution in [0, 0.1) is 13.8 Å². The highest BCUT2D eigenvalue weighted by Crippen LogP contribution is 2.18. The number of benzene rings is 1. The lowest BCUT2D eigenvalue weighted by Gasteiger charge is -2.14. The Balaban J connectivity index is 1.77. The fourth-order valence-electron chi connectivity index (χ4n) is 2.53. The SMILES string of the molecule is Cc1n[nH]c(C)c1CNC(C)c1ccc2[nH]c(=O)[nH]c2c1. The van der Waals surface area contributed by atoms with Crippen LogP contribution in [0.5, 0.6) is 0 Å². The van der Waals surface area contributed by atoms with E-state index in [0.29, 0.717) is 0 Å². The predicted octanol–water partition coefficient (Wildman–Crippen LogP) is 2.05. The third-order valence-corrected chi connectivity index (χ3v) is 3.91. The maximum absolute atomic E-state index is 11.3. The average molecular weight is 285 g/mol. The number of rotatable bonds is 4. The Bertz CT molecular complexity index is 807. The predicted molar refractivity (Wildman–Crippen MR) is 82.2 cm³/mol. The van der Waals surface area contributed by atoms with Gasteiger partial charge in [-0.1, -0.05) is 6.07 Å². The van der Waals surface area contributed by atoms with Gasteiger partial charge in [0, 0.05) is 23.8 Å². The first kappa shape index (κ1) is 13.6. The molecule has 6 heteroatoms. The zero-order valence-electron chi connectivity index (χ0n) is 12.4. The summed E-state index contributed by atoms with van der Waals surface area (Å²) >= 11 is 0.